The highest BCUT2D eigenvalue weighted by Crippen LogP contribution is 2.08. The Hall–Kier alpha value is -2.08. The maximum absolute atomic E-state index is 11.6. The summed E-state index contributed by atoms with van der Waals surface area (Å²) in [7, 11) is 0. The number of hydrogen-bond donors (Lipinski definition) is 4. The lowest BCUT2D eigenvalue weighted by atomic mass is 10.1. The van der Waals surface area contributed by atoms with Crippen LogP contribution in [0.15, 0.2) is 29.4 Å². The Morgan fingerprint density at radius 1 is 1.47 bits per heavy atom. The fourth-order valence-corrected chi connectivity index (χ4v) is 1.66. The SMILES string of the molecule is CCNC(=O)C(C)NCc1ccccc1C(N)=NO. The van der Waals surface area contributed by atoms with Gasteiger partial charge in [0.15, 0.2) is 5.84 Å². The summed E-state index contributed by atoms with van der Waals surface area (Å²) < 4.78 is 0. The number of rotatable bonds is 6. The van der Waals surface area contributed by atoms with E-state index in [-0.39, 0.29) is 17.8 Å². The molecule has 6 heteroatoms. The molecule has 0 bridgehead atoms. The number of carbonyl (C=O) groups is 1. The number of likely N-dealkylation sites (N-methyl/N-ethyl adjacent to an activating group) is 1. The summed E-state index contributed by atoms with van der Waals surface area (Å²) in [5.74, 6) is 0.00633. The second-order valence-corrected chi connectivity index (χ2v) is 4.14. The number of nitrogens with one attached hydrogen (secondary N) is 2. The molecule has 0 radical (unpaired) electrons. The lowest BCUT2D eigenvalue weighted by Crippen LogP contribution is -2.41. The van der Waals surface area contributed by atoms with Gasteiger partial charge in [0.05, 0.1) is 6.04 Å². The van der Waals surface area contributed by atoms with Crippen LogP contribution in [-0.4, -0.2) is 29.5 Å². The Labute approximate surface area is 112 Å². The molecule has 19 heavy (non-hydrogen) atoms. The number of hydrogen-bond acceptors (Lipinski definition) is 4. The molecule has 1 rings (SSSR count). The van der Waals surface area contributed by atoms with Gasteiger partial charge < -0.3 is 21.6 Å². The maximum Gasteiger partial charge on any atom is 0.236 e. The predicted octanol–water partition coefficient (Wildman–Crippen LogP) is 0.395. The van der Waals surface area contributed by atoms with Crippen LogP contribution in [0, 0.1) is 0 Å². The highest BCUT2D eigenvalue weighted by atomic mass is 16.4. The third-order valence-corrected chi connectivity index (χ3v) is 2.74. The molecule has 5 N–H and O–H groups in total. The molecule has 0 aliphatic heterocycles. The zero-order chi connectivity index (χ0) is 14.3. The zero-order valence-electron chi connectivity index (χ0n) is 11.2. The first-order valence-corrected chi connectivity index (χ1v) is 6.17. The van der Waals surface area contributed by atoms with Gasteiger partial charge in [0.2, 0.25) is 5.91 Å². The predicted molar refractivity (Wildman–Crippen MR) is 73.9 cm³/mol. The van der Waals surface area contributed by atoms with Crippen LogP contribution in [0.25, 0.3) is 0 Å². The summed E-state index contributed by atoms with van der Waals surface area (Å²) in [6, 6.07) is 7.00. The van der Waals surface area contributed by atoms with Crippen LogP contribution in [0.4, 0.5) is 0 Å². The molecule has 0 aliphatic rings. The first kappa shape index (κ1) is 15.0. The molecule has 1 aromatic rings. The van der Waals surface area contributed by atoms with Gasteiger partial charge in [0.1, 0.15) is 0 Å². The lowest BCUT2D eigenvalue weighted by Gasteiger charge is -2.15. The summed E-state index contributed by atoms with van der Waals surface area (Å²) in [6.07, 6.45) is 0. The van der Waals surface area contributed by atoms with Crippen molar-refractivity contribution < 1.29 is 10.0 Å². The van der Waals surface area contributed by atoms with Crippen molar-refractivity contribution in [1.29, 1.82) is 0 Å². The van der Waals surface area contributed by atoms with Crippen LogP contribution in [0.5, 0.6) is 0 Å². The third-order valence-electron chi connectivity index (χ3n) is 2.74. The van der Waals surface area contributed by atoms with Crippen molar-refractivity contribution in [3.63, 3.8) is 0 Å². The van der Waals surface area contributed by atoms with Crippen molar-refractivity contribution in [1.82, 2.24) is 10.6 Å². The molecular weight excluding hydrogens is 244 g/mol. The number of benzene rings is 1. The van der Waals surface area contributed by atoms with Crippen LogP contribution in [0.3, 0.4) is 0 Å². The first-order chi connectivity index (χ1) is 9.10. The van der Waals surface area contributed by atoms with Crippen molar-refractivity contribution in [2.24, 2.45) is 10.9 Å². The lowest BCUT2D eigenvalue weighted by molar-refractivity contribution is -0.122. The number of amidine groups is 1. The van der Waals surface area contributed by atoms with Crippen molar-refractivity contribution in [2.75, 3.05) is 6.54 Å². The second kappa shape index (κ2) is 7.38. The van der Waals surface area contributed by atoms with Crippen LogP contribution in [-0.2, 0) is 11.3 Å². The van der Waals surface area contributed by atoms with Crippen molar-refractivity contribution in [3.8, 4) is 0 Å². The monoisotopic (exact) mass is 264 g/mol. The molecule has 0 heterocycles. The molecule has 1 unspecified atom stereocenters. The number of nitrogens with two attached hydrogens (primary N) is 1. The first-order valence-electron chi connectivity index (χ1n) is 6.17. The van der Waals surface area contributed by atoms with E-state index in [1.807, 2.05) is 25.1 Å². The van der Waals surface area contributed by atoms with E-state index in [1.54, 1.807) is 13.0 Å². The minimum absolute atomic E-state index is 0.0521. The van der Waals surface area contributed by atoms with Gasteiger partial charge in [-0.2, -0.15) is 0 Å². The summed E-state index contributed by atoms with van der Waals surface area (Å²) in [6.45, 7) is 4.73. The Kier molecular flexibility index (Phi) is 5.81. The van der Waals surface area contributed by atoms with E-state index in [1.165, 1.54) is 0 Å². The Balaban J connectivity index is 2.70. The molecule has 6 nitrogen and oxygen atoms in total. The molecular formula is C13H20N4O2. The van der Waals surface area contributed by atoms with Gasteiger partial charge in [0, 0.05) is 18.7 Å². The minimum atomic E-state index is -0.305. The fourth-order valence-electron chi connectivity index (χ4n) is 1.66. The topological polar surface area (TPSA) is 99.7 Å². The quantitative estimate of drug-likeness (QED) is 0.258. The number of amides is 1. The van der Waals surface area contributed by atoms with E-state index >= 15 is 0 Å². The van der Waals surface area contributed by atoms with E-state index in [4.69, 9.17) is 10.9 Å². The van der Waals surface area contributed by atoms with Gasteiger partial charge >= 0.3 is 0 Å². The van der Waals surface area contributed by atoms with E-state index in [0.29, 0.717) is 18.7 Å². The minimum Gasteiger partial charge on any atom is -0.409 e. The van der Waals surface area contributed by atoms with Crippen LogP contribution in [0.1, 0.15) is 25.0 Å². The summed E-state index contributed by atoms with van der Waals surface area (Å²) in [5.41, 5.74) is 7.12. The molecule has 1 amide bonds. The highest BCUT2D eigenvalue weighted by molar-refractivity contribution is 5.98. The van der Waals surface area contributed by atoms with Gasteiger partial charge in [-0.25, -0.2) is 0 Å². The van der Waals surface area contributed by atoms with Crippen molar-refractivity contribution in [2.45, 2.75) is 26.4 Å². The highest BCUT2D eigenvalue weighted by Gasteiger charge is 2.12. The number of nitrogens with zero attached hydrogens (tertiary/aromatic N) is 1. The average molecular weight is 264 g/mol. The Bertz CT molecular complexity index is 460. The molecule has 0 saturated heterocycles. The van der Waals surface area contributed by atoms with Crippen molar-refractivity contribution in [3.05, 3.63) is 35.4 Å². The van der Waals surface area contributed by atoms with Gasteiger partial charge in [-0.05, 0) is 19.4 Å². The fraction of sp³-hybridized carbons (Fsp3) is 0.385. The van der Waals surface area contributed by atoms with Crippen LogP contribution < -0.4 is 16.4 Å². The van der Waals surface area contributed by atoms with Crippen LogP contribution >= 0.6 is 0 Å². The smallest absolute Gasteiger partial charge is 0.236 e. The number of carbonyl (C=O) groups excluding carboxylic acids is 1. The molecule has 0 saturated carbocycles. The average Bonchev–Trinajstić information content (AvgIpc) is 2.44. The van der Waals surface area contributed by atoms with Crippen LogP contribution in [0.2, 0.25) is 0 Å². The molecule has 0 aromatic heterocycles. The van der Waals surface area contributed by atoms with Crippen molar-refractivity contribution >= 4 is 11.7 Å². The van der Waals surface area contributed by atoms with Gasteiger partial charge in [-0.1, -0.05) is 29.4 Å². The summed E-state index contributed by atoms with van der Waals surface area (Å²) >= 11 is 0. The molecule has 1 atom stereocenters. The molecule has 0 spiro atoms. The van der Waals surface area contributed by atoms with E-state index in [2.05, 4.69) is 15.8 Å². The summed E-state index contributed by atoms with van der Waals surface area (Å²) in [4.78, 5) is 11.6. The molecule has 0 fully saturated rings. The standard InChI is InChI=1S/C13H20N4O2/c1-3-15-13(18)9(2)16-8-10-6-4-5-7-11(10)12(14)17-19/h4-7,9,16,19H,3,8H2,1-2H3,(H2,14,17)(H,15,18). The van der Waals surface area contributed by atoms with E-state index in [9.17, 15) is 4.79 Å². The zero-order valence-corrected chi connectivity index (χ0v) is 11.2. The van der Waals surface area contributed by atoms with Gasteiger partial charge in [-0.15, -0.1) is 0 Å². The normalized spacial score (nSPS) is 13.1. The maximum atomic E-state index is 11.6. The molecule has 0 aliphatic carbocycles. The van der Waals surface area contributed by atoms with Gasteiger partial charge in [0.25, 0.3) is 0 Å². The Morgan fingerprint density at radius 3 is 2.79 bits per heavy atom. The van der Waals surface area contributed by atoms with E-state index in [0.717, 1.165) is 5.56 Å². The molecule has 1 aromatic carbocycles. The Morgan fingerprint density at radius 2 is 2.16 bits per heavy atom. The summed E-state index contributed by atoms with van der Waals surface area (Å²) in [5, 5.41) is 17.6. The third kappa shape index (κ3) is 4.26. The van der Waals surface area contributed by atoms with Gasteiger partial charge in [-0.3, -0.25) is 4.79 Å². The number of oxime groups is 1. The largest absolute Gasteiger partial charge is 0.409 e. The second-order valence-electron chi connectivity index (χ2n) is 4.14. The molecule has 104 valence electrons. The van der Waals surface area contributed by atoms with E-state index < -0.39 is 0 Å².